The lowest BCUT2D eigenvalue weighted by Gasteiger charge is -2.25. The van der Waals surface area contributed by atoms with Crippen LogP contribution in [-0.2, 0) is 4.79 Å². The first kappa shape index (κ1) is 8.05. The first-order valence-corrected chi connectivity index (χ1v) is 4.75. The number of amides is 1. The molecule has 2 fully saturated rings. The normalized spacial score (nSPS) is 36.4. The van der Waals surface area contributed by atoms with Crippen molar-refractivity contribution in [2.45, 2.75) is 25.3 Å². The fraction of sp³-hybridized carbons (Fsp3) is 0.889. The highest BCUT2D eigenvalue weighted by molar-refractivity contribution is 5.76. The average Bonchev–Trinajstić information content (AvgIpc) is 2.46. The smallest absolute Gasteiger partial charge is 0.222 e. The van der Waals surface area contributed by atoms with Gasteiger partial charge in [0.2, 0.25) is 5.91 Å². The van der Waals surface area contributed by atoms with Gasteiger partial charge in [0.05, 0.1) is 0 Å². The quantitative estimate of drug-likeness (QED) is 0.561. The Bertz CT molecular complexity index is 193. The van der Waals surface area contributed by atoms with Crippen molar-refractivity contribution in [3.63, 3.8) is 0 Å². The summed E-state index contributed by atoms with van der Waals surface area (Å²) in [4.78, 5) is 13.4. The zero-order valence-corrected chi connectivity index (χ0v) is 7.55. The van der Waals surface area contributed by atoms with Crippen LogP contribution in [0.2, 0.25) is 0 Å². The SMILES string of the molecule is CN1C(=O)CCCC2CNCC21. The van der Waals surface area contributed by atoms with Crippen LogP contribution < -0.4 is 5.32 Å². The number of rotatable bonds is 0. The first-order chi connectivity index (χ1) is 5.79. The number of hydrogen-bond donors (Lipinski definition) is 1. The molecule has 2 atom stereocenters. The lowest BCUT2D eigenvalue weighted by atomic mass is 9.99. The number of carbonyl (C=O) groups is 1. The molecule has 0 spiro atoms. The van der Waals surface area contributed by atoms with Gasteiger partial charge in [-0.3, -0.25) is 4.79 Å². The van der Waals surface area contributed by atoms with Crippen LogP contribution in [-0.4, -0.2) is 37.0 Å². The summed E-state index contributed by atoms with van der Waals surface area (Å²) in [5.41, 5.74) is 0. The topological polar surface area (TPSA) is 32.3 Å². The Labute approximate surface area is 73.1 Å². The summed E-state index contributed by atoms with van der Waals surface area (Å²) in [7, 11) is 1.94. The second-order valence-corrected chi connectivity index (χ2v) is 3.88. The van der Waals surface area contributed by atoms with Crippen LogP contribution in [0.1, 0.15) is 19.3 Å². The van der Waals surface area contributed by atoms with Crippen LogP contribution in [0, 0.1) is 5.92 Å². The van der Waals surface area contributed by atoms with Crippen molar-refractivity contribution < 1.29 is 4.79 Å². The van der Waals surface area contributed by atoms with E-state index in [9.17, 15) is 4.79 Å². The lowest BCUT2D eigenvalue weighted by molar-refractivity contribution is -0.131. The minimum atomic E-state index is 0.325. The molecule has 1 N–H and O–H groups in total. The van der Waals surface area contributed by atoms with E-state index >= 15 is 0 Å². The predicted octanol–water partition coefficient (Wildman–Crippen LogP) is 0.217. The highest BCUT2D eigenvalue weighted by Gasteiger charge is 2.34. The van der Waals surface area contributed by atoms with Gasteiger partial charge in [-0.2, -0.15) is 0 Å². The Morgan fingerprint density at radius 1 is 1.50 bits per heavy atom. The number of fused-ring (bicyclic) bond motifs is 1. The summed E-state index contributed by atoms with van der Waals surface area (Å²) in [6.45, 7) is 2.09. The Morgan fingerprint density at radius 3 is 3.17 bits per heavy atom. The maximum atomic E-state index is 11.5. The monoisotopic (exact) mass is 168 g/mol. The average molecular weight is 168 g/mol. The van der Waals surface area contributed by atoms with Crippen LogP contribution in [0.25, 0.3) is 0 Å². The molecule has 2 heterocycles. The number of carbonyl (C=O) groups excluding carboxylic acids is 1. The Balaban J connectivity index is 2.13. The van der Waals surface area contributed by atoms with Gasteiger partial charge in [-0.25, -0.2) is 0 Å². The fourth-order valence-electron chi connectivity index (χ4n) is 2.34. The van der Waals surface area contributed by atoms with Gasteiger partial charge < -0.3 is 10.2 Å². The van der Waals surface area contributed by atoms with E-state index < -0.39 is 0 Å². The van der Waals surface area contributed by atoms with Crippen LogP contribution in [0.3, 0.4) is 0 Å². The zero-order valence-electron chi connectivity index (χ0n) is 7.55. The van der Waals surface area contributed by atoms with Crippen LogP contribution in [0.15, 0.2) is 0 Å². The number of likely N-dealkylation sites (N-methyl/N-ethyl adjacent to an activating group) is 1. The summed E-state index contributed by atoms with van der Waals surface area (Å²) in [6.07, 6.45) is 3.04. The highest BCUT2D eigenvalue weighted by Crippen LogP contribution is 2.24. The van der Waals surface area contributed by atoms with Gasteiger partial charge in [0, 0.05) is 32.6 Å². The Morgan fingerprint density at radius 2 is 2.33 bits per heavy atom. The molecule has 0 radical (unpaired) electrons. The molecule has 68 valence electrons. The minimum absolute atomic E-state index is 0.325. The third kappa shape index (κ3) is 1.22. The second kappa shape index (κ2) is 3.05. The van der Waals surface area contributed by atoms with Gasteiger partial charge >= 0.3 is 0 Å². The third-order valence-electron chi connectivity index (χ3n) is 3.16. The number of nitrogens with zero attached hydrogens (tertiary/aromatic N) is 1. The van der Waals surface area contributed by atoms with E-state index in [1.807, 2.05) is 11.9 Å². The number of nitrogens with one attached hydrogen (secondary N) is 1. The van der Waals surface area contributed by atoms with E-state index in [-0.39, 0.29) is 0 Å². The molecule has 3 nitrogen and oxygen atoms in total. The Hall–Kier alpha value is -0.570. The van der Waals surface area contributed by atoms with Crippen molar-refractivity contribution in [3.8, 4) is 0 Å². The van der Waals surface area contributed by atoms with E-state index in [4.69, 9.17) is 0 Å². The molecule has 0 aromatic heterocycles. The molecule has 2 aliphatic rings. The molecule has 1 amide bonds. The van der Waals surface area contributed by atoms with E-state index in [1.165, 1.54) is 6.42 Å². The summed E-state index contributed by atoms with van der Waals surface area (Å²) < 4.78 is 0. The molecule has 0 aliphatic carbocycles. The summed E-state index contributed by atoms with van der Waals surface area (Å²) in [6, 6.07) is 0.472. The molecule has 12 heavy (non-hydrogen) atoms. The molecule has 2 saturated heterocycles. The number of likely N-dealkylation sites (tertiary alicyclic amines) is 1. The molecule has 2 unspecified atom stereocenters. The standard InChI is InChI=1S/C9H16N2O/c1-11-8-6-10-5-7(8)3-2-4-9(11)12/h7-8,10H,2-6H2,1H3. The van der Waals surface area contributed by atoms with Crippen LogP contribution >= 0.6 is 0 Å². The first-order valence-electron chi connectivity index (χ1n) is 4.75. The van der Waals surface area contributed by atoms with Gasteiger partial charge in [-0.15, -0.1) is 0 Å². The van der Waals surface area contributed by atoms with Crippen molar-refractivity contribution in [2.75, 3.05) is 20.1 Å². The Kier molecular flexibility index (Phi) is 2.05. The molecule has 0 saturated carbocycles. The molecule has 3 heteroatoms. The molecular weight excluding hydrogens is 152 g/mol. The largest absolute Gasteiger partial charge is 0.341 e. The van der Waals surface area contributed by atoms with Crippen LogP contribution in [0.4, 0.5) is 0 Å². The van der Waals surface area contributed by atoms with Crippen LogP contribution in [0.5, 0.6) is 0 Å². The summed E-state index contributed by atoms with van der Waals surface area (Å²) in [5.74, 6) is 1.03. The van der Waals surface area contributed by atoms with E-state index in [2.05, 4.69) is 5.32 Å². The molecular formula is C9H16N2O. The van der Waals surface area contributed by atoms with Gasteiger partial charge in [-0.05, 0) is 18.8 Å². The predicted molar refractivity (Wildman–Crippen MR) is 46.8 cm³/mol. The van der Waals surface area contributed by atoms with Gasteiger partial charge in [-0.1, -0.05) is 0 Å². The lowest BCUT2D eigenvalue weighted by Crippen LogP contribution is -2.40. The van der Waals surface area contributed by atoms with E-state index in [1.54, 1.807) is 0 Å². The molecule has 2 rings (SSSR count). The van der Waals surface area contributed by atoms with E-state index in [0.29, 0.717) is 17.9 Å². The minimum Gasteiger partial charge on any atom is -0.341 e. The van der Waals surface area contributed by atoms with Crippen molar-refractivity contribution in [2.24, 2.45) is 5.92 Å². The van der Waals surface area contributed by atoms with E-state index in [0.717, 1.165) is 25.9 Å². The summed E-state index contributed by atoms with van der Waals surface area (Å²) >= 11 is 0. The zero-order chi connectivity index (χ0) is 8.55. The fourth-order valence-corrected chi connectivity index (χ4v) is 2.34. The van der Waals surface area contributed by atoms with Crippen molar-refractivity contribution >= 4 is 5.91 Å². The van der Waals surface area contributed by atoms with Crippen molar-refractivity contribution in [1.29, 1.82) is 0 Å². The molecule has 0 aromatic rings. The second-order valence-electron chi connectivity index (χ2n) is 3.88. The van der Waals surface area contributed by atoms with Gasteiger partial charge in [0.1, 0.15) is 0 Å². The highest BCUT2D eigenvalue weighted by atomic mass is 16.2. The number of hydrogen-bond acceptors (Lipinski definition) is 2. The van der Waals surface area contributed by atoms with Crippen molar-refractivity contribution in [1.82, 2.24) is 10.2 Å². The molecule has 0 aromatic carbocycles. The molecule has 2 aliphatic heterocycles. The molecule has 0 bridgehead atoms. The third-order valence-corrected chi connectivity index (χ3v) is 3.16. The maximum absolute atomic E-state index is 11.5. The van der Waals surface area contributed by atoms with Gasteiger partial charge in [0.25, 0.3) is 0 Å². The summed E-state index contributed by atoms with van der Waals surface area (Å²) in [5, 5.41) is 3.35. The van der Waals surface area contributed by atoms with Gasteiger partial charge in [0.15, 0.2) is 0 Å². The maximum Gasteiger partial charge on any atom is 0.222 e. The van der Waals surface area contributed by atoms with Crippen molar-refractivity contribution in [3.05, 3.63) is 0 Å².